The Labute approximate surface area is 192 Å². The normalized spacial score (nSPS) is 40.4. The predicted octanol–water partition coefficient (Wildman–Crippen LogP) is 7.86. The van der Waals surface area contributed by atoms with Crippen molar-refractivity contribution in [1.82, 2.24) is 0 Å². The molecular weight excluding hydrogens is 396 g/mol. The lowest BCUT2D eigenvalue weighted by atomic mass is 9.50. The Hall–Kier alpha value is -0.673. The Kier molecular flexibility index (Phi) is 5.82. The second kappa shape index (κ2) is 7.69. The van der Waals surface area contributed by atoms with E-state index in [2.05, 4.69) is 59.9 Å². The van der Waals surface area contributed by atoms with Crippen molar-refractivity contribution in [1.29, 1.82) is 0 Å². The van der Waals surface area contributed by atoms with E-state index < -0.39 is 8.32 Å². The third-order valence-electron chi connectivity index (χ3n) is 10.5. The molecule has 0 aliphatic heterocycles. The van der Waals surface area contributed by atoms with E-state index in [4.69, 9.17) is 4.43 Å². The fraction of sp³-hybridized carbons (Fsp3) is 0.821. The largest absolute Gasteiger partial charge is 0.414 e. The van der Waals surface area contributed by atoms with Crippen molar-refractivity contribution in [3.63, 3.8) is 0 Å². The molecule has 0 bridgehead atoms. The zero-order valence-corrected chi connectivity index (χ0v) is 22.4. The van der Waals surface area contributed by atoms with E-state index in [0.29, 0.717) is 35.6 Å². The molecular formula is C28H46O2Si. The van der Waals surface area contributed by atoms with Crippen LogP contribution in [-0.2, 0) is 9.22 Å². The number of Topliss-reactive ketones (excluding diaryl/α,β-unsaturated/α-hetero) is 1. The molecule has 0 aromatic carbocycles. The second-order valence-corrected chi connectivity index (χ2v) is 17.9. The standard InChI is InChI=1S/C28H46O2Si/c1-9-25(29)24-13-12-22-21-11-10-19-18-20(30-31(7,8)26(2,3)4)14-16-27(19,5)23(21)15-17-28(22,24)6/h10-11,20,22-24H,9,12-18H2,1-8H3/t20-,22-,23-,24+,27-,28-/m0/s1. The van der Waals surface area contributed by atoms with E-state index in [1.54, 1.807) is 11.1 Å². The van der Waals surface area contributed by atoms with Crippen molar-refractivity contribution in [3.8, 4) is 0 Å². The van der Waals surface area contributed by atoms with Gasteiger partial charge in [0.05, 0.1) is 0 Å². The van der Waals surface area contributed by atoms with Gasteiger partial charge in [-0.1, -0.05) is 64.8 Å². The Bertz CT molecular complexity index is 800. The molecule has 0 aromatic rings. The van der Waals surface area contributed by atoms with Gasteiger partial charge in [0, 0.05) is 18.4 Å². The van der Waals surface area contributed by atoms with E-state index in [9.17, 15) is 4.79 Å². The molecule has 31 heavy (non-hydrogen) atoms. The van der Waals surface area contributed by atoms with E-state index in [1.807, 2.05) is 6.92 Å². The lowest BCUT2D eigenvalue weighted by molar-refractivity contribution is -0.126. The average molecular weight is 443 g/mol. The summed E-state index contributed by atoms with van der Waals surface area (Å²) < 4.78 is 6.85. The molecule has 174 valence electrons. The summed E-state index contributed by atoms with van der Waals surface area (Å²) >= 11 is 0. The Balaban J connectivity index is 1.57. The van der Waals surface area contributed by atoms with Crippen LogP contribution in [0.4, 0.5) is 0 Å². The van der Waals surface area contributed by atoms with Crippen molar-refractivity contribution in [2.24, 2.45) is 28.6 Å². The van der Waals surface area contributed by atoms with E-state index in [1.165, 1.54) is 32.1 Å². The topological polar surface area (TPSA) is 26.3 Å². The van der Waals surface area contributed by atoms with Crippen LogP contribution in [0.15, 0.2) is 23.3 Å². The van der Waals surface area contributed by atoms with Crippen molar-refractivity contribution >= 4 is 14.1 Å². The van der Waals surface area contributed by atoms with Gasteiger partial charge in [-0.15, -0.1) is 0 Å². The molecule has 0 amide bonds. The lowest BCUT2D eigenvalue weighted by Crippen LogP contribution is -2.49. The summed E-state index contributed by atoms with van der Waals surface area (Å²) in [5.41, 5.74) is 3.82. The Morgan fingerprint density at radius 1 is 1.06 bits per heavy atom. The third kappa shape index (κ3) is 3.66. The predicted molar refractivity (Wildman–Crippen MR) is 133 cm³/mol. The molecule has 0 spiro atoms. The average Bonchev–Trinajstić information content (AvgIpc) is 3.04. The molecule has 4 rings (SSSR count). The van der Waals surface area contributed by atoms with Crippen LogP contribution < -0.4 is 0 Å². The van der Waals surface area contributed by atoms with Crippen LogP contribution in [0.2, 0.25) is 18.1 Å². The van der Waals surface area contributed by atoms with Gasteiger partial charge in [0.1, 0.15) is 5.78 Å². The maximum Gasteiger partial charge on any atom is 0.192 e. The molecule has 0 N–H and O–H groups in total. The monoisotopic (exact) mass is 442 g/mol. The van der Waals surface area contributed by atoms with Gasteiger partial charge < -0.3 is 4.43 Å². The number of allylic oxidation sites excluding steroid dienone is 3. The van der Waals surface area contributed by atoms with Gasteiger partial charge in [-0.25, -0.2) is 0 Å². The molecule has 2 nitrogen and oxygen atoms in total. The highest BCUT2D eigenvalue weighted by atomic mass is 28.4. The number of fused-ring (bicyclic) bond motifs is 5. The van der Waals surface area contributed by atoms with Gasteiger partial charge in [-0.05, 0) is 85.7 Å². The van der Waals surface area contributed by atoms with Gasteiger partial charge >= 0.3 is 0 Å². The van der Waals surface area contributed by atoms with Crippen molar-refractivity contribution in [3.05, 3.63) is 23.3 Å². The fourth-order valence-electron chi connectivity index (χ4n) is 7.44. The quantitative estimate of drug-likeness (QED) is 0.414. The van der Waals surface area contributed by atoms with E-state index in [-0.39, 0.29) is 16.4 Å². The summed E-state index contributed by atoms with van der Waals surface area (Å²) in [6.45, 7) is 18.9. The minimum absolute atomic E-state index is 0.194. The molecule has 6 atom stereocenters. The van der Waals surface area contributed by atoms with Crippen LogP contribution in [0.25, 0.3) is 0 Å². The summed E-state index contributed by atoms with van der Waals surface area (Å²) in [7, 11) is -1.73. The highest BCUT2D eigenvalue weighted by Crippen LogP contribution is 2.65. The third-order valence-corrected chi connectivity index (χ3v) is 15.1. The molecule has 3 fully saturated rings. The SMILES string of the molecule is CCC(=O)[C@H]1CC[C@H]2C3=CC=C4C[C@@H](O[Si](C)(C)C(C)(C)C)CC[C@]4(C)[C@H]3CC[C@]12C. The molecule has 3 heteroatoms. The van der Waals surface area contributed by atoms with Crippen LogP contribution in [0, 0.1) is 28.6 Å². The first-order chi connectivity index (χ1) is 14.3. The van der Waals surface area contributed by atoms with Crippen LogP contribution in [-0.4, -0.2) is 20.2 Å². The van der Waals surface area contributed by atoms with E-state index in [0.717, 1.165) is 12.8 Å². The highest BCUT2D eigenvalue weighted by molar-refractivity contribution is 6.74. The summed E-state index contributed by atoms with van der Waals surface area (Å²) in [6.07, 6.45) is 14.4. The molecule has 0 unspecified atom stereocenters. The number of hydrogen-bond acceptors (Lipinski definition) is 2. The van der Waals surface area contributed by atoms with Gasteiger partial charge in [0.25, 0.3) is 0 Å². The van der Waals surface area contributed by atoms with Crippen LogP contribution >= 0.6 is 0 Å². The van der Waals surface area contributed by atoms with Crippen molar-refractivity contribution in [2.75, 3.05) is 0 Å². The molecule has 0 radical (unpaired) electrons. The summed E-state index contributed by atoms with van der Waals surface area (Å²) in [5.74, 6) is 2.08. The summed E-state index contributed by atoms with van der Waals surface area (Å²) in [4.78, 5) is 12.7. The fourth-order valence-corrected chi connectivity index (χ4v) is 8.83. The number of carbonyl (C=O) groups excluding carboxylic acids is 1. The minimum atomic E-state index is -1.73. The lowest BCUT2D eigenvalue weighted by Gasteiger charge is -2.55. The van der Waals surface area contributed by atoms with Crippen molar-refractivity contribution < 1.29 is 9.22 Å². The first-order valence-electron chi connectivity index (χ1n) is 12.9. The number of rotatable bonds is 4. The molecule has 0 heterocycles. The maximum atomic E-state index is 12.7. The minimum Gasteiger partial charge on any atom is -0.414 e. The summed E-state index contributed by atoms with van der Waals surface area (Å²) in [6, 6.07) is 0. The second-order valence-electron chi connectivity index (χ2n) is 13.1. The first kappa shape index (κ1) is 23.5. The van der Waals surface area contributed by atoms with Crippen LogP contribution in [0.1, 0.15) is 92.9 Å². The van der Waals surface area contributed by atoms with Gasteiger partial charge in [0.15, 0.2) is 8.32 Å². The Morgan fingerprint density at radius 3 is 2.42 bits per heavy atom. The molecule has 3 saturated carbocycles. The zero-order chi connectivity index (χ0) is 22.8. The maximum absolute atomic E-state index is 12.7. The molecule has 0 aromatic heterocycles. The van der Waals surface area contributed by atoms with Gasteiger partial charge in [0.2, 0.25) is 0 Å². The molecule has 0 saturated heterocycles. The van der Waals surface area contributed by atoms with Gasteiger partial charge in [-0.2, -0.15) is 0 Å². The van der Waals surface area contributed by atoms with Gasteiger partial charge in [-0.3, -0.25) is 4.79 Å². The highest BCUT2D eigenvalue weighted by Gasteiger charge is 2.57. The smallest absolute Gasteiger partial charge is 0.192 e. The van der Waals surface area contributed by atoms with Crippen molar-refractivity contribution in [2.45, 2.75) is 117 Å². The van der Waals surface area contributed by atoms with Crippen LogP contribution in [0.3, 0.4) is 0 Å². The molecule has 4 aliphatic carbocycles. The first-order valence-corrected chi connectivity index (χ1v) is 15.9. The number of carbonyl (C=O) groups is 1. The number of ketones is 1. The zero-order valence-electron chi connectivity index (χ0n) is 21.4. The van der Waals surface area contributed by atoms with E-state index >= 15 is 0 Å². The molecule has 4 aliphatic rings. The summed E-state index contributed by atoms with van der Waals surface area (Å²) in [5, 5.41) is 0.268. The number of hydrogen-bond donors (Lipinski definition) is 0. The van der Waals surface area contributed by atoms with Crippen LogP contribution in [0.5, 0.6) is 0 Å². The Morgan fingerprint density at radius 2 is 1.77 bits per heavy atom.